The molecule has 0 aromatic heterocycles. The van der Waals surface area contributed by atoms with Gasteiger partial charge in [-0.05, 0) is 12.8 Å². The van der Waals surface area contributed by atoms with Gasteiger partial charge < -0.3 is 5.32 Å². The summed E-state index contributed by atoms with van der Waals surface area (Å²) in [5, 5.41) is 2.72. The zero-order valence-corrected chi connectivity index (χ0v) is 8.36. The van der Waals surface area contributed by atoms with Crippen molar-refractivity contribution in [3.8, 4) is 0 Å². The van der Waals surface area contributed by atoms with Crippen molar-refractivity contribution in [2.75, 3.05) is 5.88 Å². The van der Waals surface area contributed by atoms with Gasteiger partial charge in [-0.25, -0.2) is 8.78 Å². The van der Waals surface area contributed by atoms with Gasteiger partial charge in [0.25, 0.3) is 5.92 Å². The minimum atomic E-state index is -2.45. The van der Waals surface area contributed by atoms with Crippen LogP contribution in [0.5, 0.6) is 0 Å². The molecule has 2 aliphatic rings. The molecule has 14 heavy (non-hydrogen) atoms. The zero-order valence-electron chi connectivity index (χ0n) is 7.60. The largest absolute Gasteiger partial charge is 0.353 e. The maximum Gasteiger partial charge on any atom is 0.254 e. The number of carbonyl (C=O) groups is 1. The standard InChI is InChI=1S/C9H12ClF2NO/c10-2-1-8(14)13-5-3-6-7(4-5)9(6,11)12/h5-7H,1-4H2,(H,13,14). The summed E-state index contributed by atoms with van der Waals surface area (Å²) < 4.78 is 25.5. The molecule has 0 heterocycles. The second-order valence-electron chi connectivity index (χ2n) is 4.06. The van der Waals surface area contributed by atoms with Crippen molar-refractivity contribution in [2.45, 2.75) is 31.2 Å². The molecular weight excluding hydrogens is 212 g/mol. The highest BCUT2D eigenvalue weighted by Gasteiger charge is 2.71. The fourth-order valence-electron chi connectivity index (χ4n) is 2.32. The monoisotopic (exact) mass is 223 g/mol. The smallest absolute Gasteiger partial charge is 0.254 e. The highest BCUT2D eigenvalue weighted by molar-refractivity contribution is 6.18. The molecule has 2 nitrogen and oxygen atoms in total. The fraction of sp³-hybridized carbons (Fsp3) is 0.889. The van der Waals surface area contributed by atoms with Gasteiger partial charge >= 0.3 is 0 Å². The molecule has 2 aliphatic carbocycles. The van der Waals surface area contributed by atoms with Crippen LogP contribution in [0.15, 0.2) is 0 Å². The van der Waals surface area contributed by atoms with Crippen LogP contribution in [0, 0.1) is 11.8 Å². The zero-order chi connectivity index (χ0) is 10.3. The van der Waals surface area contributed by atoms with Crippen LogP contribution in [0.3, 0.4) is 0 Å². The predicted octanol–water partition coefficient (Wildman–Crippen LogP) is 1.78. The number of fused-ring (bicyclic) bond motifs is 1. The Labute approximate surface area is 86.0 Å². The van der Waals surface area contributed by atoms with Gasteiger partial charge in [-0.3, -0.25) is 4.79 Å². The lowest BCUT2D eigenvalue weighted by atomic mass is 10.1. The highest BCUT2D eigenvalue weighted by atomic mass is 35.5. The molecule has 0 saturated heterocycles. The van der Waals surface area contributed by atoms with Crippen LogP contribution < -0.4 is 5.32 Å². The van der Waals surface area contributed by atoms with E-state index in [4.69, 9.17) is 11.6 Å². The van der Waals surface area contributed by atoms with Gasteiger partial charge in [0, 0.05) is 30.2 Å². The van der Waals surface area contributed by atoms with Crippen molar-refractivity contribution in [3.05, 3.63) is 0 Å². The number of amides is 1. The van der Waals surface area contributed by atoms with Crippen LogP contribution in [0.25, 0.3) is 0 Å². The van der Waals surface area contributed by atoms with Crippen molar-refractivity contribution < 1.29 is 13.6 Å². The van der Waals surface area contributed by atoms with Gasteiger partial charge in [-0.15, -0.1) is 11.6 Å². The maximum absolute atomic E-state index is 12.8. The van der Waals surface area contributed by atoms with Crippen LogP contribution in [0.2, 0.25) is 0 Å². The van der Waals surface area contributed by atoms with E-state index in [1.54, 1.807) is 0 Å². The maximum atomic E-state index is 12.8. The first-order valence-electron chi connectivity index (χ1n) is 4.79. The Balaban J connectivity index is 1.75. The van der Waals surface area contributed by atoms with E-state index in [9.17, 15) is 13.6 Å². The molecule has 5 heteroatoms. The average Bonchev–Trinajstić information content (AvgIpc) is 2.49. The van der Waals surface area contributed by atoms with Crippen LogP contribution in [-0.2, 0) is 4.79 Å². The van der Waals surface area contributed by atoms with Gasteiger partial charge in [-0.1, -0.05) is 0 Å². The van der Waals surface area contributed by atoms with Crippen LogP contribution in [-0.4, -0.2) is 23.8 Å². The molecule has 0 aliphatic heterocycles. The fourth-order valence-corrected chi connectivity index (χ4v) is 2.49. The summed E-state index contributed by atoms with van der Waals surface area (Å²) in [6.07, 6.45) is 1.11. The third-order valence-electron chi connectivity index (χ3n) is 3.13. The number of halogens is 3. The summed E-state index contributed by atoms with van der Waals surface area (Å²) in [6, 6.07) is -0.0552. The normalized spacial score (nSPS) is 37.8. The van der Waals surface area contributed by atoms with E-state index in [1.165, 1.54) is 0 Å². The molecule has 0 radical (unpaired) electrons. The lowest BCUT2D eigenvalue weighted by Crippen LogP contribution is -2.35. The average molecular weight is 224 g/mol. The third-order valence-corrected chi connectivity index (χ3v) is 3.32. The van der Waals surface area contributed by atoms with Gasteiger partial charge in [0.1, 0.15) is 0 Å². The van der Waals surface area contributed by atoms with Crippen LogP contribution in [0.1, 0.15) is 19.3 Å². The van der Waals surface area contributed by atoms with E-state index in [1.807, 2.05) is 0 Å². The van der Waals surface area contributed by atoms with Gasteiger partial charge in [0.15, 0.2) is 0 Å². The van der Waals surface area contributed by atoms with Crippen molar-refractivity contribution >= 4 is 17.5 Å². The first kappa shape index (κ1) is 10.1. The Morgan fingerprint density at radius 3 is 2.50 bits per heavy atom. The second-order valence-corrected chi connectivity index (χ2v) is 4.44. The van der Waals surface area contributed by atoms with E-state index in [0.29, 0.717) is 12.8 Å². The van der Waals surface area contributed by atoms with Gasteiger partial charge in [0.05, 0.1) is 0 Å². The number of nitrogens with one attached hydrogen (secondary N) is 1. The molecule has 2 unspecified atom stereocenters. The summed E-state index contributed by atoms with van der Waals surface area (Å²) in [4.78, 5) is 11.1. The van der Waals surface area contributed by atoms with Crippen molar-refractivity contribution in [3.63, 3.8) is 0 Å². The first-order chi connectivity index (χ1) is 6.55. The third kappa shape index (κ3) is 1.60. The summed E-state index contributed by atoms with van der Waals surface area (Å²) in [7, 11) is 0. The van der Waals surface area contributed by atoms with Crippen molar-refractivity contribution in [2.24, 2.45) is 11.8 Å². The van der Waals surface area contributed by atoms with E-state index in [2.05, 4.69) is 5.32 Å². The summed E-state index contributed by atoms with van der Waals surface area (Å²) in [5.74, 6) is -3.27. The molecule has 0 spiro atoms. The molecule has 0 bridgehead atoms. The lowest BCUT2D eigenvalue weighted by molar-refractivity contribution is -0.121. The number of rotatable bonds is 3. The Kier molecular flexibility index (Phi) is 2.41. The molecule has 2 fully saturated rings. The minimum absolute atomic E-state index is 0.0552. The molecule has 1 amide bonds. The van der Waals surface area contributed by atoms with E-state index in [0.717, 1.165) is 0 Å². The highest BCUT2D eigenvalue weighted by Crippen LogP contribution is 2.63. The van der Waals surface area contributed by atoms with Crippen molar-refractivity contribution in [1.82, 2.24) is 5.32 Å². The summed E-state index contributed by atoms with van der Waals surface area (Å²) in [6.45, 7) is 0. The topological polar surface area (TPSA) is 29.1 Å². The first-order valence-corrected chi connectivity index (χ1v) is 5.32. The molecule has 0 aromatic rings. The van der Waals surface area contributed by atoms with E-state index in [-0.39, 0.29) is 24.2 Å². The number of hydrogen-bond donors (Lipinski definition) is 1. The molecule has 2 atom stereocenters. The second kappa shape index (κ2) is 3.33. The Morgan fingerprint density at radius 2 is 2.00 bits per heavy atom. The number of carbonyl (C=O) groups excluding carboxylic acids is 1. The van der Waals surface area contributed by atoms with Crippen LogP contribution >= 0.6 is 11.6 Å². The number of alkyl halides is 3. The molecule has 1 N–H and O–H groups in total. The summed E-state index contributed by atoms with van der Waals surface area (Å²) >= 11 is 5.38. The van der Waals surface area contributed by atoms with E-state index >= 15 is 0 Å². The summed E-state index contributed by atoms with van der Waals surface area (Å²) in [5.41, 5.74) is 0. The van der Waals surface area contributed by atoms with Crippen molar-refractivity contribution in [1.29, 1.82) is 0 Å². The molecule has 2 saturated carbocycles. The quantitative estimate of drug-likeness (QED) is 0.726. The van der Waals surface area contributed by atoms with Gasteiger partial charge in [-0.2, -0.15) is 0 Å². The van der Waals surface area contributed by atoms with Crippen LogP contribution in [0.4, 0.5) is 8.78 Å². The van der Waals surface area contributed by atoms with Gasteiger partial charge in [0.2, 0.25) is 5.91 Å². The van der Waals surface area contributed by atoms with E-state index < -0.39 is 17.8 Å². The molecule has 0 aromatic carbocycles. The number of hydrogen-bond acceptors (Lipinski definition) is 1. The lowest BCUT2D eigenvalue weighted by Gasteiger charge is -2.15. The minimum Gasteiger partial charge on any atom is -0.353 e. The predicted molar refractivity (Wildman–Crippen MR) is 48.4 cm³/mol. The Morgan fingerprint density at radius 1 is 1.43 bits per heavy atom. The SMILES string of the molecule is O=C(CCCl)NC1CC2C(C1)C2(F)F. The Bertz CT molecular complexity index is 245. The molecular formula is C9H12ClF2NO. The Hall–Kier alpha value is -0.380. The molecule has 2 rings (SSSR count). The molecule has 80 valence electrons.